The van der Waals surface area contributed by atoms with Crippen LogP contribution in [0.1, 0.15) is 30.6 Å². The molecule has 7 nitrogen and oxygen atoms in total. The van der Waals surface area contributed by atoms with Crippen molar-refractivity contribution in [1.82, 2.24) is 0 Å². The molecule has 0 unspecified atom stereocenters. The van der Waals surface area contributed by atoms with E-state index < -0.39 is 10.8 Å². The van der Waals surface area contributed by atoms with Crippen LogP contribution in [0.2, 0.25) is 0 Å². The van der Waals surface area contributed by atoms with Gasteiger partial charge in [-0.15, -0.1) is 0 Å². The maximum Gasteiger partial charge on any atom is 0.271 e. The molecule has 0 aliphatic rings. The van der Waals surface area contributed by atoms with Gasteiger partial charge < -0.3 is 14.8 Å². The number of halogens is 1. The third-order valence-electron chi connectivity index (χ3n) is 3.78. The van der Waals surface area contributed by atoms with Gasteiger partial charge in [-0.05, 0) is 36.6 Å². The highest BCUT2D eigenvalue weighted by atomic mass is 79.9. The van der Waals surface area contributed by atoms with Crippen molar-refractivity contribution in [2.75, 3.05) is 19.0 Å². The van der Waals surface area contributed by atoms with E-state index in [0.717, 1.165) is 10.9 Å². The number of benzene rings is 2. The third-order valence-corrected chi connectivity index (χ3v) is 4.27. The molecule has 0 atom stereocenters. The Morgan fingerprint density at radius 3 is 2.56 bits per heavy atom. The van der Waals surface area contributed by atoms with Gasteiger partial charge in [0.25, 0.3) is 11.6 Å². The smallest absolute Gasteiger partial charge is 0.271 e. The maximum atomic E-state index is 12.8. The van der Waals surface area contributed by atoms with Gasteiger partial charge >= 0.3 is 0 Å². The summed E-state index contributed by atoms with van der Waals surface area (Å²) >= 11 is 3.35. The van der Waals surface area contributed by atoms with Crippen LogP contribution in [0, 0.1) is 16.0 Å². The molecule has 0 spiro atoms. The van der Waals surface area contributed by atoms with Crippen LogP contribution in [0.4, 0.5) is 11.4 Å². The van der Waals surface area contributed by atoms with Crippen LogP contribution in [0.5, 0.6) is 11.5 Å². The lowest BCUT2D eigenvalue weighted by molar-refractivity contribution is -0.384. The number of nitro benzene ring substituents is 1. The van der Waals surface area contributed by atoms with Gasteiger partial charge in [-0.1, -0.05) is 29.8 Å². The van der Waals surface area contributed by atoms with Crippen molar-refractivity contribution in [2.24, 2.45) is 5.92 Å². The first-order chi connectivity index (χ1) is 12.8. The van der Waals surface area contributed by atoms with E-state index in [1.54, 1.807) is 18.2 Å². The number of nitrogens with one attached hydrogen (secondary N) is 1. The van der Waals surface area contributed by atoms with E-state index in [9.17, 15) is 14.9 Å². The lowest BCUT2D eigenvalue weighted by atomic mass is 10.1. The minimum absolute atomic E-state index is 0.145. The highest BCUT2D eigenvalue weighted by Crippen LogP contribution is 2.31. The number of methoxy groups -OCH3 is 1. The number of ether oxygens (including phenoxy) is 2. The molecule has 0 saturated carbocycles. The number of anilines is 1. The molecular formula is C19H21BrN2O5. The minimum Gasteiger partial charge on any atom is -0.495 e. The van der Waals surface area contributed by atoms with Gasteiger partial charge in [0.1, 0.15) is 11.5 Å². The summed E-state index contributed by atoms with van der Waals surface area (Å²) in [6.45, 7) is 4.67. The predicted molar refractivity (Wildman–Crippen MR) is 107 cm³/mol. The number of nitrogens with zero attached hydrogens (tertiary/aromatic N) is 1. The quantitative estimate of drug-likeness (QED) is 0.462. The van der Waals surface area contributed by atoms with Crippen molar-refractivity contribution in [3.8, 4) is 11.5 Å². The summed E-state index contributed by atoms with van der Waals surface area (Å²) in [5.74, 6) is 0.800. The molecule has 2 rings (SSSR count). The molecule has 1 amide bonds. The number of hydrogen-bond acceptors (Lipinski definition) is 5. The zero-order valence-electron chi connectivity index (χ0n) is 15.3. The number of rotatable bonds is 8. The predicted octanol–water partition coefficient (Wildman–Crippen LogP) is 5.04. The first kappa shape index (κ1) is 20.7. The Bertz CT molecular complexity index is 839. The molecule has 2 aromatic carbocycles. The topological polar surface area (TPSA) is 90.7 Å². The molecule has 0 aromatic heterocycles. The van der Waals surface area contributed by atoms with Gasteiger partial charge in [0, 0.05) is 16.6 Å². The van der Waals surface area contributed by atoms with Crippen molar-refractivity contribution >= 4 is 33.2 Å². The lowest BCUT2D eigenvalue weighted by Gasteiger charge is -2.14. The molecule has 0 fully saturated rings. The number of carbonyl (C=O) groups excluding carboxylic acids is 1. The summed E-state index contributed by atoms with van der Waals surface area (Å²) in [6.07, 6.45) is 0.857. The molecule has 0 aliphatic heterocycles. The van der Waals surface area contributed by atoms with Crippen LogP contribution in [0.3, 0.4) is 0 Å². The second-order valence-electron chi connectivity index (χ2n) is 6.27. The van der Waals surface area contributed by atoms with Crippen LogP contribution in [0.15, 0.2) is 40.9 Å². The largest absolute Gasteiger partial charge is 0.495 e. The highest BCUT2D eigenvalue weighted by molar-refractivity contribution is 9.10. The maximum absolute atomic E-state index is 12.8. The van der Waals surface area contributed by atoms with Gasteiger partial charge in [-0.25, -0.2) is 0 Å². The molecule has 1 N–H and O–H groups in total. The van der Waals surface area contributed by atoms with E-state index in [4.69, 9.17) is 9.47 Å². The monoisotopic (exact) mass is 436 g/mol. The lowest BCUT2D eigenvalue weighted by Crippen LogP contribution is -2.15. The van der Waals surface area contributed by atoms with Gasteiger partial charge in [0.15, 0.2) is 0 Å². The second-order valence-corrected chi connectivity index (χ2v) is 7.18. The molecule has 0 radical (unpaired) electrons. The summed E-state index contributed by atoms with van der Waals surface area (Å²) in [5.41, 5.74) is 0.389. The SMILES string of the molecule is COc1ccc([N+](=O)[O-])cc1NC(=O)c1cc(Br)ccc1OCCC(C)C. The third kappa shape index (κ3) is 5.68. The van der Waals surface area contributed by atoms with E-state index in [1.165, 1.54) is 25.3 Å². The van der Waals surface area contributed by atoms with E-state index in [2.05, 4.69) is 35.1 Å². The van der Waals surface area contributed by atoms with Crippen molar-refractivity contribution in [3.63, 3.8) is 0 Å². The molecule has 0 heterocycles. The molecule has 27 heavy (non-hydrogen) atoms. The van der Waals surface area contributed by atoms with Gasteiger partial charge in [0.2, 0.25) is 0 Å². The van der Waals surface area contributed by atoms with Crippen molar-refractivity contribution in [1.29, 1.82) is 0 Å². The number of carbonyl (C=O) groups is 1. The Morgan fingerprint density at radius 1 is 1.22 bits per heavy atom. The summed E-state index contributed by atoms with van der Waals surface area (Å²) in [6, 6.07) is 9.15. The Hall–Kier alpha value is -2.61. The zero-order valence-corrected chi connectivity index (χ0v) is 16.9. The summed E-state index contributed by atoms with van der Waals surface area (Å²) in [5, 5.41) is 13.7. The van der Waals surface area contributed by atoms with Crippen molar-refractivity contribution < 1.29 is 19.2 Å². The Labute approximate surface area is 166 Å². The molecule has 0 saturated heterocycles. The molecule has 0 aliphatic carbocycles. The standard InChI is InChI=1S/C19H21BrN2O5/c1-12(2)8-9-27-17-6-4-13(20)10-15(17)19(23)21-16-11-14(22(24)25)5-7-18(16)26-3/h4-7,10-12H,8-9H2,1-3H3,(H,21,23). The Morgan fingerprint density at radius 2 is 1.93 bits per heavy atom. The highest BCUT2D eigenvalue weighted by Gasteiger charge is 2.18. The van der Waals surface area contributed by atoms with Gasteiger partial charge in [-0.3, -0.25) is 14.9 Å². The van der Waals surface area contributed by atoms with E-state index in [0.29, 0.717) is 29.6 Å². The zero-order chi connectivity index (χ0) is 20.0. The van der Waals surface area contributed by atoms with Crippen molar-refractivity contribution in [3.05, 3.63) is 56.5 Å². The van der Waals surface area contributed by atoms with E-state index in [-0.39, 0.29) is 11.4 Å². The first-order valence-corrected chi connectivity index (χ1v) is 9.17. The fourth-order valence-electron chi connectivity index (χ4n) is 2.31. The second kappa shape index (κ2) is 9.36. The normalized spacial score (nSPS) is 10.6. The number of amides is 1. The Kier molecular flexibility index (Phi) is 7.18. The van der Waals surface area contributed by atoms with E-state index in [1.807, 2.05) is 0 Å². The average Bonchev–Trinajstić information content (AvgIpc) is 2.62. The van der Waals surface area contributed by atoms with Crippen LogP contribution < -0.4 is 14.8 Å². The summed E-state index contributed by atoms with van der Waals surface area (Å²) in [7, 11) is 1.43. The molecule has 0 bridgehead atoms. The average molecular weight is 437 g/mol. The molecule has 144 valence electrons. The van der Waals surface area contributed by atoms with Gasteiger partial charge in [0.05, 0.1) is 29.9 Å². The number of non-ortho nitro benzene ring substituents is 1. The summed E-state index contributed by atoms with van der Waals surface area (Å²) < 4.78 is 11.7. The molecular weight excluding hydrogens is 416 g/mol. The van der Waals surface area contributed by atoms with Crippen LogP contribution in [0.25, 0.3) is 0 Å². The summed E-state index contributed by atoms with van der Waals surface area (Å²) in [4.78, 5) is 23.3. The molecule has 2 aromatic rings. The van der Waals surface area contributed by atoms with Crippen LogP contribution in [-0.4, -0.2) is 24.5 Å². The first-order valence-electron chi connectivity index (χ1n) is 8.38. The van der Waals surface area contributed by atoms with E-state index >= 15 is 0 Å². The fraction of sp³-hybridized carbons (Fsp3) is 0.316. The van der Waals surface area contributed by atoms with Crippen LogP contribution in [-0.2, 0) is 0 Å². The number of hydrogen-bond donors (Lipinski definition) is 1. The van der Waals surface area contributed by atoms with Crippen molar-refractivity contribution in [2.45, 2.75) is 20.3 Å². The fourth-order valence-corrected chi connectivity index (χ4v) is 2.67. The number of nitro groups is 1. The van der Waals surface area contributed by atoms with Crippen LogP contribution >= 0.6 is 15.9 Å². The van der Waals surface area contributed by atoms with Gasteiger partial charge in [-0.2, -0.15) is 0 Å². The Balaban J connectivity index is 2.28. The molecule has 8 heteroatoms. The minimum atomic E-state index is -0.533.